The molecule has 3 aromatic rings. The molecular formula is C20H19ClN2O4. The van der Waals surface area contributed by atoms with Crippen LogP contribution in [-0.4, -0.2) is 18.2 Å². The van der Waals surface area contributed by atoms with E-state index in [1.807, 2.05) is 31.2 Å². The average molecular weight is 387 g/mol. The smallest absolute Gasteiger partial charge is 0.278 e. The number of aryl methyl sites for hydroxylation is 2. The summed E-state index contributed by atoms with van der Waals surface area (Å²) < 4.78 is 16.1. The number of aromatic nitrogens is 1. The van der Waals surface area contributed by atoms with Crippen LogP contribution in [-0.2, 0) is 6.61 Å². The van der Waals surface area contributed by atoms with E-state index in [-0.39, 0.29) is 12.3 Å². The SMILES string of the molecule is COc1ccc(NC(=O)c2noc(C)c2COc2cccc(C)c2)cc1Cl. The van der Waals surface area contributed by atoms with Crippen LogP contribution in [0.5, 0.6) is 11.5 Å². The van der Waals surface area contributed by atoms with Crippen molar-refractivity contribution in [1.29, 1.82) is 0 Å². The van der Waals surface area contributed by atoms with Crippen LogP contribution >= 0.6 is 11.6 Å². The van der Waals surface area contributed by atoms with Gasteiger partial charge in [0.05, 0.1) is 17.7 Å². The first-order valence-corrected chi connectivity index (χ1v) is 8.65. The Bertz CT molecular complexity index is 968. The Morgan fingerprint density at radius 1 is 1.22 bits per heavy atom. The van der Waals surface area contributed by atoms with Crippen LogP contribution in [0.25, 0.3) is 0 Å². The number of benzene rings is 2. The maximum atomic E-state index is 12.6. The van der Waals surface area contributed by atoms with Gasteiger partial charge in [-0.1, -0.05) is 28.9 Å². The Morgan fingerprint density at radius 2 is 2.04 bits per heavy atom. The highest BCUT2D eigenvalue weighted by Gasteiger charge is 2.21. The van der Waals surface area contributed by atoms with Crippen LogP contribution in [0.2, 0.25) is 5.02 Å². The Kier molecular flexibility index (Phi) is 5.66. The number of anilines is 1. The lowest BCUT2D eigenvalue weighted by molar-refractivity contribution is 0.101. The van der Waals surface area contributed by atoms with Gasteiger partial charge in [-0.05, 0) is 49.7 Å². The minimum absolute atomic E-state index is 0.172. The summed E-state index contributed by atoms with van der Waals surface area (Å²) in [6, 6.07) is 12.6. The molecule has 6 nitrogen and oxygen atoms in total. The van der Waals surface area contributed by atoms with Gasteiger partial charge in [-0.15, -0.1) is 0 Å². The van der Waals surface area contributed by atoms with Gasteiger partial charge < -0.3 is 19.3 Å². The molecule has 0 spiro atoms. The van der Waals surface area contributed by atoms with Crippen LogP contribution in [0.15, 0.2) is 47.0 Å². The first-order valence-electron chi connectivity index (χ1n) is 8.27. The second-order valence-electron chi connectivity index (χ2n) is 5.97. The normalized spacial score (nSPS) is 10.5. The van der Waals surface area contributed by atoms with Gasteiger partial charge in [0.1, 0.15) is 23.9 Å². The van der Waals surface area contributed by atoms with Crippen molar-refractivity contribution in [1.82, 2.24) is 5.16 Å². The summed E-state index contributed by atoms with van der Waals surface area (Å²) in [5.74, 6) is 1.36. The number of nitrogens with one attached hydrogen (secondary N) is 1. The molecule has 0 aliphatic rings. The summed E-state index contributed by atoms with van der Waals surface area (Å²) in [5, 5.41) is 7.03. The number of hydrogen-bond acceptors (Lipinski definition) is 5. The van der Waals surface area contributed by atoms with Gasteiger partial charge in [-0.25, -0.2) is 0 Å². The molecule has 0 atom stereocenters. The van der Waals surface area contributed by atoms with Crippen molar-refractivity contribution >= 4 is 23.2 Å². The van der Waals surface area contributed by atoms with E-state index in [0.29, 0.717) is 33.5 Å². The van der Waals surface area contributed by atoms with Crippen LogP contribution in [0.3, 0.4) is 0 Å². The Morgan fingerprint density at radius 3 is 2.74 bits per heavy atom. The van der Waals surface area contributed by atoms with Crippen molar-refractivity contribution in [3.63, 3.8) is 0 Å². The molecule has 140 valence electrons. The van der Waals surface area contributed by atoms with Gasteiger partial charge in [0.25, 0.3) is 5.91 Å². The fourth-order valence-corrected chi connectivity index (χ4v) is 2.79. The number of ether oxygens (including phenoxy) is 2. The zero-order valence-corrected chi connectivity index (χ0v) is 16.0. The summed E-state index contributed by atoms with van der Waals surface area (Å²) in [6.45, 7) is 3.89. The molecule has 0 aliphatic carbocycles. The van der Waals surface area contributed by atoms with Crippen LogP contribution in [0.1, 0.15) is 27.4 Å². The Hall–Kier alpha value is -2.99. The van der Waals surface area contributed by atoms with Crippen molar-refractivity contribution in [3.05, 3.63) is 70.1 Å². The standard InChI is InChI=1S/C20H19ClN2O4/c1-12-5-4-6-15(9-12)26-11-16-13(2)27-23-19(16)20(24)22-14-7-8-18(25-3)17(21)10-14/h4-10H,11H2,1-3H3,(H,22,24). The predicted octanol–water partition coefficient (Wildman–Crippen LogP) is 4.78. The van der Waals surface area contributed by atoms with E-state index >= 15 is 0 Å². The molecule has 3 rings (SSSR count). The highest BCUT2D eigenvalue weighted by atomic mass is 35.5. The van der Waals surface area contributed by atoms with Crippen LogP contribution in [0, 0.1) is 13.8 Å². The van der Waals surface area contributed by atoms with E-state index in [1.165, 1.54) is 7.11 Å². The number of amides is 1. The molecule has 0 radical (unpaired) electrons. The molecule has 0 fully saturated rings. The zero-order valence-electron chi connectivity index (χ0n) is 15.2. The predicted molar refractivity (Wildman–Crippen MR) is 103 cm³/mol. The lowest BCUT2D eigenvalue weighted by Crippen LogP contribution is -2.15. The van der Waals surface area contributed by atoms with Crippen LogP contribution < -0.4 is 14.8 Å². The molecule has 1 amide bonds. The third-order valence-corrected chi connectivity index (χ3v) is 4.28. The molecule has 27 heavy (non-hydrogen) atoms. The first-order chi connectivity index (χ1) is 13.0. The third-order valence-electron chi connectivity index (χ3n) is 3.98. The lowest BCUT2D eigenvalue weighted by Gasteiger charge is -2.09. The Labute approximate surface area is 162 Å². The van der Waals surface area contributed by atoms with E-state index in [9.17, 15) is 4.79 Å². The average Bonchev–Trinajstić information content (AvgIpc) is 3.01. The Balaban J connectivity index is 1.75. The summed E-state index contributed by atoms with van der Waals surface area (Å²) in [4.78, 5) is 12.6. The number of rotatable bonds is 6. The van der Waals surface area contributed by atoms with Crippen molar-refractivity contribution < 1.29 is 18.8 Å². The minimum atomic E-state index is -0.407. The molecule has 1 N–H and O–H groups in total. The van der Waals surface area contributed by atoms with Crippen molar-refractivity contribution in [2.24, 2.45) is 0 Å². The lowest BCUT2D eigenvalue weighted by atomic mass is 10.2. The van der Waals surface area contributed by atoms with E-state index < -0.39 is 5.91 Å². The molecule has 1 heterocycles. The van der Waals surface area contributed by atoms with E-state index in [0.717, 1.165) is 5.56 Å². The number of carbonyl (C=O) groups excluding carboxylic acids is 1. The molecule has 1 aromatic heterocycles. The van der Waals surface area contributed by atoms with Gasteiger partial charge in [0, 0.05) is 5.69 Å². The topological polar surface area (TPSA) is 73.6 Å². The van der Waals surface area contributed by atoms with E-state index in [1.54, 1.807) is 25.1 Å². The molecule has 0 unspecified atom stereocenters. The number of nitrogens with zero attached hydrogens (tertiary/aromatic N) is 1. The minimum Gasteiger partial charge on any atom is -0.495 e. The van der Waals surface area contributed by atoms with Gasteiger partial charge in [0.2, 0.25) is 0 Å². The van der Waals surface area contributed by atoms with Crippen molar-refractivity contribution in [2.45, 2.75) is 20.5 Å². The highest BCUT2D eigenvalue weighted by Crippen LogP contribution is 2.28. The van der Waals surface area contributed by atoms with E-state index in [4.69, 9.17) is 25.6 Å². The first kappa shape index (κ1) is 18.8. The van der Waals surface area contributed by atoms with Crippen LogP contribution in [0.4, 0.5) is 5.69 Å². The zero-order chi connectivity index (χ0) is 19.4. The number of hydrogen-bond donors (Lipinski definition) is 1. The van der Waals surface area contributed by atoms with Crippen molar-refractivity contribution in [3.8, 4) is 11.5 Å². The molecule has 0 saturated heterocycles. The highest BCUT2D eigenvalue weighted by molar-refractivity contribution is 6.32. The molecule has 0 saturated carbocycles. The van der Waals surface area contributed by atoms with E-state index in [2.05, 4.69) is 10.5 Å². The molecule has 0 aliphatic heterocycles. The molecule has 7 heteroatoms. The maximum Gasteiger partial charge on any atom is 0.278 e. The summed E-state index contributed by atoms with van der Waals surface area (Å²) in [6.07, 6.45) is 0. The number of halogens is 1. The second kappa shape index (κ2) is 8.14. The number of methoxy groups -OCH3 is 1. The molecule has 0 bridgehead atoms. The fraction of sp³-hybridized carbons (Fsp3) is 0.200. The quantitative estimate of drug-likeness (QED) is 0.659. The maximum absolute atomic E-state index is 12.6. The van der Waals surface area contributed by atoms with Crippen molar-refractivity contribution in [2.75, 3.05) is 12.4 Å². The van der Waals surface area contributed by atoms with Gasteiger partial charge in [-0.3, -0.25) is 4.79 Å². The molecule has 2 aromatic carbocycles. The molecular weight excluding hydrogens is 368 g/mol. The third kappa shape index (κ3) is 4.41. The van der Waals surface area contributed by atoms with Gasteiger partial charge in [-0.2, -0.15) is 0 Å². The largest absolute Gasteiger partial charge is 0.495 e. The van der Waals surface area contributed by atoms with Gasteiger partial charge >= 0.3 is 0 Å². The monoisotopic (exact) mass is 386 g/mol. The fourth-order valence-electron chi connectivity index (χ4n) is 2.53. The summed E-state index contributed by atoms with van der Waals surface area (Å²) in [7, 11) is 1.53. The van der Waals surface area contributed by atoms with Gasteiger partial charge in [0.15, 0.2) is 5.69 Å². The summed E-state index contributed by atoms with van der Waals surface area (Å²) in [5.41, 5.74) is 2.38. The summed E-state index contributed by atoms with van der Waals surface area (Å²) >= 11 is 6.09. The number of carbonyl (C=O) groups is 1. The second-order valence-corrected chi connectivity index (χ2v) is 6.38.